The maximum absolute atomic E-state index is 12.3. The monoisotopic (exact) mass is 310 g/mol. The molecule has 2 rings (SSSR count). The third kappa shape index (κ3) is 4.19. The summed E-state index contributed by atoms with van der Waals surface area (Å²) in [7, 11) is -3.59. The molecule has 0 amide bonds. The molecule has 1 aliphatic heterocycles. The molecule has 1 aromatic rings. The van der Waals surface area contributed by atoms with Crippen LogP contribution in [0.5, 0.6) is 0 Å². The minimum Gasteiger partial charge on any atom is -0.384 e. The second-order valence-corrected chi connectivity index (χ2v) is 6.28. The van der Waals surface area contributed by atoms with Gasteiger partial charge in [0.05, 0.1) is 18.9 Å². The fourth-order valence-corrected chi connectivity index (χ4v) is 3.20. The summed E-state index contributed by atoms with van der Waals surface area (Å²) in [6.07, 6.45) is 0. The average molecular weight is 310 g/mol. The number of morpholine rings is 1. The molecule has 0 radical (unpaired) electrons. The fourth-order valence-electron chi connectivity index (χ4n) is 1.94. The van der Waals surface area contributed by atoms with Crippen LogP contribution in [0.4, 0.5) is 5.69 Å². The summed E-state index contributed by atoms with van der Waals surface area (Å²) in [5.41, 5.74) is 1.95. The lowest BCUT2D eigenvalue weighted by Crippen LogP contribution is -2.43. The Morgan fingerprint density at radius 2 is 2.10 bits per heavy atom. The van der Waals surface area contributed by atoms with Gasteiger partial charge in [-0.1, -0.05) is 17.9 Å². The Morgan fingerprint density at radius 3 is 2.76 bits per heavy atom. The molecule has 1 saturated heterocycles. The van der Waals surface area contributed by atoms with E-state index < -0.39 is 10.2 Å². The molecule has 1 heterocycles. The van der Waals surface area contributed by atoms with E-state index in [0.29, 0.717) is 37.6 Å². The van der Waals surface area contributed by atoms with Gasteiger partial charge in [0.25, 0.3) is 0 Å². The molecule has 6 nitrogen and oxygen atoms in total. The Balaban J connectivity index is 2.21. The van der Waals surface area contributed by atoms with Gasteiger partial charge in [-0.25, -0.2) is 0 Å². The van der Waals surface area contributed by atoms with Crippen LogP contribution in [0.3, 0.4) is 0 Å². The van der Waals surface area contributed by atoms with Crippen molar-refractivity contribution >= 4 is 15.9 Å². The molecule has 0 saturated carbocycles. The van der Waals surface area contributed by atoms with Crippen molar-refractivity contribution in [2.45, 2.75) is 6.92 Å². The molecule has 2 N–H and O–H groups in total. The molecular formula is C14H18N2O4S. The van der Waals surface area contributed by atoms with Gasteiger partial charge in [0, 0.05) is 18.7 Å². The maximum Gasteiger partial charge on any atom is 0.301 e. The number of aliphatic hydroxyl groups excluding tert-OH is 1. The van der Waals surface area contributed by atoms with Crippen molar-refractivity contribution in [1.82, 2.24) is 4.31 Å². The highest BCUT2D eigenvalue weighted by Gasteiger charge is 2.24. The van der Waals surface area contributed by atoms with E-state index in [2.05, 4.69) is 16.6 Å². The largest absolute Gasteiger partial charge is 0.384 e. The van der Waals surface area contributed by atoms with E-state index in [-0.39, 0.29) is 6.61 Å². The van der Waals surface area contributed by atoms with Gasteiger partial charge in [0.15, 0.2) is 0 Å². The van der Waals surface area contributed by atoms with Crippen molar-refractivity contribution in [3.8, 4) is 11.8 Å². The topological polar surface area (TPSA) is 78.9 Å². The van der Waals surface area contributed by atoms with Crippen molar-refractivity contribution in [1.29, 1.82) is 0 Å². The molecule has 7 heteroatoms. The highest BCUT2D eigenvalue weighted by atomic mass is 32.2. The van der Waals surface area contributed by atoms with Crippen molar-refractivity contribution in [2.75, 3.05) is 37.6 Å². The zero-order valence-corrected chi connectivity index (χ0v) is 12.6. The number of hydrogen-bond acceptors (Lipinski definition) is 4. The van der Waals surface area contributed by atoms with E-state index in [4.69, 9.17) is 9.84 Å². The quantitative estimate of drug-likeness (QED) is 0.789. The first-order valence-electron chi connectivity index (χ1n) is 6.59. The van der Waals surface area contributed by atoms with Gasteiger partial charge >= 0.3 is 10.2 Å². The predicted molar refractivity (Wildman–Crippen MR) is 80.1 cm³/mol. The van der Waals surface area contributed by atoms with Gasteiger partial charge in [-0.15, -0.1) is 0 Å². The number of nitrogens with zero attached hydrogens (tertiary/aromatic N) is 1. The number of anilines is 1. The van der Waals surface area contributed by atoms with Crippen LogP contribution in [-0.4, -0.2) is 50.7 Å². The first kappa shape index (κ1) is 15.8. The van der Waals surface area contributed by atoms with Crippen LogP contribution < -0.4 is 4.72 Å². The summed E-state index contributed by atoms with van der Waals surface area (Å²) in [6.45, 7) is 3.09. The maximum atomic E-state index is 12.3. The molecule has 0 aromatic heterocycles. The van der Waals surface area contributed by atoms with Gasteiger partial charge in [-0.2, -0.15) is 12.7 Å². The summed E-state index contributed by atoms with van der Waals surface area (Å²) < 4.78 is 33.7. The summed E-state index contributed by atoms with van der Waals surface area (Å²) in [5, 5.41) is 8.70. The minimum atomic E-state index is -3.59. The number of hydrogen-bond donors (Lipinski definition) is 2. The molecule has 0 bridgehead atoms. The number of aliphatic hydroxyl groups is 1. The Labute approximate surface area is 124 Å². The third-order valence-electron chi connectivity index (χ3n) is 3.10. The highest BCUT2D eigenvalue weighted by Crippen LogP contribution is 2.19. The Hall–Kier alpha value is -1.59. The average Bonchev–Trinajstić information content (AvgIpc) is 2.49. The van der Waals surface area contributed by atoms with Crippen molar-refractivity contribution < 1.29 is 18.3 Å². The third-order valence-corrected chi connectivity index (χ3v) is 4.62. The molecule has 21 heavy (non-hydrogen) atoms. The van der Waals surface area contributed by atoms with Crippen LogP contribution in [0.25, 0.3) is 0 Å². The molecule has 0 unspecified atom stereocenters. The zero-order valence-electron chi connectivity index (χ0n) is 11.8. The molecule has 114 valence electrons. The van der Waals surface area contributed by atoms with Crippen LogP contribution in [0.1, 0.15) is 11.1 Å². The second kappa shape index (κ2) is 6.91. The predicted octanol–water partition coefficient (Wildman–Crippen LogP) is 0.328. The molecule has 1 aliphatic rings. The van der Waals surface area contributed by atoms with Gasteiger partial charge < -0.3 is 9.84 Å². The summed E-state index contributed by atoms with van der Waals surface area (Å²) in [4.78, 5) is 0. The van der Waals surface area contributed by atoms with Crippen LogP contribution >= 0.6 is 0 Å². The molecule has 0 atom stereocenters. The van der Waals surface area contributed by atoms with Gasteiger partial charge in [0.1, 0.15) is 6.61 Å². The molecule has 0 spiro atoms. The number of benzene rings is 1. The van der Waals surface area contributed by atoms with Crippen molar-refractivity contribution in [3.63, 3.8) is 0 Å². The van der Waals surface area contributed by atoms with E-state index in [1.54, 1.807) is 18.2 Å². The molecule has 0 aliphatic carbocycles. The van der Waals surface area contributed by atoms with E-state index in [1.165, 1.54) is 4.31 Å². The fraction of sp³-hybridized carbons (Fsp3) is 0.429. The normalized spacial score (nSPS) is 16.1. The molecular weight excluding hydrogens is 292 g/mol. The number of rotatable bonds is 3. The van der Waals surface area contributed by atoms with Crippen molar-refractivity contribution in [3.05, 3.63) is 29.3 Å². The standard InChI is InChI=1S/C14H18N2O4S/c1-12-4-5-13(3-2-8-17)11-14(12)15-21(18,19)16-6-9-20-10-7-16/h4-5,11,15,17H,6-10H2,1H3. The van der Waals surface area contributed by atoms with Gasteiger partial charge in [0.2, 0.25) is 0 Å². The highest BCUT2D eigenvalue weighted by molar-refractivity contribution is 7.90. The van der Waals surface area contributed by atoms with Crippen LogP contribution in [-0.2, 0) is 14.9 Å². The van der Waals surface area contributed by atoms with E-state index >= 15 is 0 Å². The summed E-state index contributed by atoms with van der Waals surface area (Å²) >= 11 is 0. The number of aryl methyl sites for hydroxylation is 1. The van der Waals surface area contributed by atoms with Crippen LogP contribution in [0, 0.1) is 18.8 Å². The first-order chi connectivity index (χ1) is 10.0. The molecule has 1 fully saturated rings. The zero-order chi connectivity index (χ0) is 15.3. The second-order valence-electron chi connectivity index (χ2n) is 4.61. The first-order valence-corrected chi connectivity index (χ1v) is 8.03. The summed E-state index contributed by atoms with van der Waals surface area (Å²) in [5.74, 6) is 5.30. The van der Waals surface area contributed by atoms with Crippen LogP contribution in [0.15, 0.2) is 18.2 Å². The van der Waals surface area contributed by atoms with E-state index in [9.17, 15) is 8.42 Å². The van der Waals surface area contributed by atoms with Crippen LogP contribution in [0.2, 0.25) is 0 Å². The summed E-state index contributed by atoms with van der Waals surface area (Å²) in [6, 6.07) is 5.24. The minimum absolute atomic E-state index is 0.233. The van der Waals surface area contributed by atoms with Gasteiger partial charge in [-0.05, 0) is 24.6 Å². The smallest absolute Gasteiger partial charge is 0.301 e. The lowest BCUT2D eigenvalue weighted by atomic mass is 10.1. The lowest BCUT2D eigenvalue weighted by molar-refractivity contribution is 0.0733. The SMILES string of the molecule is Cc1ccc(C#CCO)cc1NS(=O)(=O)N1CCOCC1. The number of nitrogens with one attached hydrogen (secondary N) is 1. The van der Waals surface area contributed by atoms with Crippen molar-refractivity contribution in [2.24, 2.45) is 0 Å². The van der Waals surface area contributed by atoms with E-state index in [1.807, 2.05) is 6.92 Å². The Bertz CT molecular complexity index is 655. The van der Waals surface area contributed by atoms with Gasteiger partial charge in [-0.3, -0.25) is 4.72 Å². The molecule has 1 aromatic carbocycles. The van der Waals surface area contributed by atoms with E-state index in [0.717, 1.165) is 5.56 Å². The number of ether oxygens (including phenoxy) is 1. The lowest BCUT2D eigenvalue weighted by Gasteiger charge is -2.26. The Kier molecular flexibility index (Phi) is 5.20. The Morgan fingerprint density at radius 1 is 1.38 bits per heavy atom.